The smallest absolute Gasteiger partial charge is 0.247 e. The van der Waals surface area contributed by atoms with Crippen molar-refractivity contribution in [3.05, 3.63) is 36.5 Å². The van der Waals surface area contributed by atoms with Crippen LogP contribution >= 0.6 is 11.8 Å². The third-order valence-electron chi connectivity index (χ3n) is 2.34. The Labute approximate surface area is 118 Å². The molecule has 0 fully saturated rings. The third-order valence-corrected chi connectivity index (χ3v) is 3.54. The second-order valence-corrected chi connectivity index (χ2v) is 5.55. The average Bonchev–Trinajstić information content (AvgIpc) is 2.22. The minimum Gasteiger partial charge on any atom is -1.00 e. The van der Waals surface area contributed by atoms with Crippen LogP contribution in [0, 0.1) is 0 Å². The van der Waals surface area contributed by atoms with Gasteiger partial charge in [-0.25, -0.2) is 0 Å². The Kier molecular flexibility index (Phi) is 5.05. The minimum absolute atomic E-state index is 0. The standard InChI is InChI=1S/C13H16NS.HI/c1-10(2)15-13-12-7-5-4-6-11(12)8-9-14(13)3;/h4-10H,1-3H3;1H/q+1;/p-1. The maximum atomic E-state index is 2.23. The van der Waals surface area contributed by atoms with Crippen LogP contribution in [0.15, 0.2) is 41.6 Å². The summed E-state index contributed by atoms with van der Waals surface area (Å²) in [6, 6.07) is 10.7. The Balaban J connectivity index is 0.00000128. The van der Waals surface area contributed by atoms with Crippen molar-refractivity contribution in [1.82, 2.24) is 0 Å². The highest BCUT2D eigenvalue weighted by Gasteiger charge is 2.13. The number of thioether (sulfide) groups is 1. The number of hydrogen-bond acceptors (Lipinski definition) is 1. The van der Waals surface area contributed by atoms with Crippen LogP contribution in [-0.4, -0.2) is 5.25 Å². The number of aryl methyl sites for hydroxylation is 1. The van der Waals surface area contributed by atoms with Gasteiger partial charge in [0.2, 0.25) is 5.03 Å². The summed E-state index contributed by atoms with van der Waals surface area (Å²) in [5.41, 5.74) is 0. The van der Waals surface area contributed by atoms with Gasteiger partial charge in [0.1, 0.15) is 7.05 Å². The molecule has 1 nitrogen and oxygen atoms in total. The van der Waals surface area contributed by atoms with Crippen molar-refractivity contribution >= 4 is 22.5 Å². The maximum absolute atomic E-state index is 2.23. The molecule has 0 amide bonds. The fraction of sp³-hybridized carbons (Fsp3) is 0.308. The topological polar surface area (TPSA) is 3.88 Å². The van der Waals surface area contributed by atoms with E-state index in [9.17, 15) is 0 Å². The van der Waals surface area contributed by atoms with Crippen LogP contribution in [0.5, 0.6) is 0 Å². The van der Waals surface area contributed by atoms with E-state index in [0.717, 1.165) is 0 Å². The van der Waals surface area contributed by atoms with Crippen molar-refractivity contribution in [2.45, 2.75) is 24.1 Å². The van der Waals surface area contributed by atoms with E-state index in [1.807, 2.05) is 11.8 Å². The molecule has 2 aromatic rings. The molecule has 2 rings (SSSR count). The van der Waals surface area contributed by atoms with Crippen LogP contribution in [-0.2, 0) is 7.05 Å². The molecule has 1 aromatic heterocycles. The van der Waals surface area contributed by atoms with Gasteiger partial charge < -0.3 is 24.0 Å². The molecule has 86 valence electrons. The second kappa shape index (κ2) is 5.87. The number of aromatic nitrogens is 1. The molecule has 0 aliphatic carbocycles. The molecule has 0 unspecified atom stereocenters. The van der Waals surface area contributed by atoms with Crippen LogP contribution in [0.2, 0.25) is 0 Å². The zero-order valence-electron chi connectivity index (χ0n) is 9.77. The number of halogens is 1. The molecular formula is C13H16INS. The predicted octanol–water partition coefficient (Wildman–Crippen LogP) is 0.169. The summed E-state index contributed by atoms with van der Waals surface area (Å²) in [6.45, 7) is 4.46. The highest BCUT2D eigenvalue weighted by atomic mass is 127. The summed E-state index contributed by atoms with van der Waals surface area (Å²) in [7, 11) is 2.11. The van der Waals surface area contributed by atoms with Crippen molar-refractivity contribution < 1.29 is 28.5 Å². The second-order valence-electron chi connectivity index (χ2n) is 3.99. The van der Waals surface area contributed by atoms with E-state index in [4.69, 9.17) is 0 Å². The van der Waals surface area contributed by atoms with Crippen molar-refractivity contribution in [3.63, 3.8) is 0 Å². The molecule has 0 N–H and O–H groups in total. The van der Waals surface area contributed by atoms with Crippen molar-refractivity contribution in [3.8, 4) is 0 Å². The molecule has 0 bridgehead atoms. The molecule has 16 heavy (non-hydrogen) atoms. The molecule has 0 radical (unpaired) electrons. The number of benzene rings is 1. The molecule has 0 saturated carbocycles. The van der Waals surface area contributed by atoms with Crippen LogP contribution < -0.4 is 28.5 Å². The highest BCUT2D eigenvalue weighted by Crippen LogP contribution is 2.26. The van der Waals surface area contributed by atoms with Gasteiger partial charge in [-0.3, -0.25) is 0 Å². The first-order valence-electron chi connectivity index (χ1n) is 5.22. The van der Waals surface area contributed by atoms with Crippen LogP contribution in [0.3, 0.4) is 0 Å². The molecule has 1 aromatic carbocycles. The zero-order valence-corrected chi connectivity index (χ0v) is 12.7. The highest BCUT2D eigenvalue weighted by molar-refractivity contribution is 7.99. The Morgan fingerprint density at radius 3 is 2.50 bits per heavy atom. The largest absolute Gasteiger partial charge is 1.00 e. The lowest BCUT2D eigenvalue weighted by molar-refractivity contribution is -0.706. The van der Waals surface area contributed by atoms with E-state index < -0.39 is 0 Å². The lowest BCUT2D eigenvalue weighted by Crippen LogP contribution is -3.00. The monoisotopic (exact) mass is 345 g/mol. The summed E-state index contributed by atoms with van der Waals surface area (Å²) < 4.78 is 2.20. The van der Waals surface area contributed by atoms with Crippen molar-refractivity contribution in [2.75, 3.05) is 0 Å². The van der Waals surface area contributed by atoms with Gasteiger partial charge in [0.15, 0.2) is 6.20 Å². The third kappa shape index (κ3) is 2.88. The van der Waals surface area contributed by atoms with Crippen molar-refractivity contribution in [2.24, 2.45) is 7.05 Å². The predicted molar refractivity (Wildman–Crippen MR) is 66.1 cm³/mol. The molecule has 0 spiro atoms. The van der Waals surface area contributed by atoms with Gasteiger partial charge in [-0.2, -0.15) is 4.57 Å². The van der Waals surface area contributed by atoms with Gasteiger partial charge in [-0.1, -0.05) is 43.8 Å². The number of rotatable bonds is 2. The molecule has 0 saturated heterocycles. The molecule has 0 aliphatic heterocycles. The Bertz CT molecular complexity index is 482. The van der Waals surface area contributed by atoms with Gasteiger partial charge in [0.05, 0.1) is 5.39 Å². The SMILES string of the molecule is CC(C)Sc1c2ccccc2cc[n+]1C.[I-]. The molecular weight excluding hydrogens is 329 g/mol. The molecule has 1 heterocycles. The summed E-state index contributed by atoms with van der Waals surface area (Å²) in [5.74, 6) is 0. The first kappa shape index (κ1) is 13.8. The summed E-state index contributed by atoms with van der Waals surface area (Å²) in [4.78, 5) is 0. The maximum Gasteiger partial charge on any atom is 0.247 e. The minimum atomic E-state index is 0. The van der Waals surface area contributed by atoms with Gasteiger partial charge in [0.25, 0.3) is 0 Å². The number of hydrogen-bond donors (Lipinski definition) is 0. The van der Waals surface area contributed by atoms with E-state index in [0.29, 0.717) is 5.25 Å². The van der Waals surface area contributed by atoms with Crippen LogP contribution in [0.4, 0.5) is 0 Å². The first-order valence-corrected chi connectivity index (χ1v) is 6.10. The summed E-state index contributed by atoms with van der Waals surface area (Å²) >= 11 is 1.92. The van der Waals surface area contributed by atoms with Gasteiger partial charge in [-0.15, -0.1) is 0 Å². The molecule has 0 atom stereocenters. The van der Waals surface area contributed by atoms with E-state index in [1.165, 1.54) is 15.8 Å². The number of fused-ring (bicyclic) bond motifs is 1. The Hall–Kier alpha value is -0.290. The van der Waals surface area contributed by atoms with Crippen molar-refractivity contribution in [1.29, 1.82) is 0 Å². The van der Waals surface area contributed by atoms with Gasteiger partial charge in [-0.05, 0) is 11.5 Å². The van der Waals surface area contributed by atoms with E-state index >= 15 is 0 Å². The molecule has 3 heteroatoms. The van der Waals surface area contributed by atoms with E-state index in [2.05, 4.69) is 62.0 Å². The summed E-state index contributed by atoms with van der Waals surface area (Å²) in [5, 5.41) is 4.63. The normalized spacial score (nSPS) is 10.5. The van der Waals surface area contributed by atoms with Crippen LogP contribution in [0.25, 0.3) is 10.8 Å². The van der Waals surface area contributed by atoms with Crippen LogP contribution in [0.1, 0.15) is 13.8 Å². The van der Waals surface area contributed by atoms with E-state index in [-0.39, 0.29) is 24.0 Å². The van der Waals surface area contributed by atoms with Gasteiger partial charge >= 0.3 is 0 Å². The van der Waals surface area contributed by atoms with Gasteiger partial charge in [0, 0.05) is 11.3 Å². The number of nitrogens with zero attached hydrogens (tertiary/aromatic N) is 1. The quantitative estimate of drug-likeness (QED) is 0.426. The fourth-order valence-corrected chi connectivity index (χ4v) is 2.64. The lowest BCUT2D eigenvalue weighted by Gasteiger charge is -2.05. The lowest BCUT2D eigenvalue weighted by atomic mass is 10.2. The average molecular weight is 345 g/mol. The molecule has 0 aliphatic rings. The Morgan fingerprint density at radius 2 is 1.81 bits per heavy atom. The Morgan fingerprint density at radius 1 is 1.12 bits per heavy atom. The fourth-order valence-electron chi connectivity index (χ4n) is 1.66. The summed E-state index contributed by atoms with van der Waals surface area (Å²) in [6.07, 6.45) is 2.13. The van der Waals surface area contributed by atoms with E-state index in [1.54, 1.807) is 0 Å². The first-order chi connectivity index (χ1) is 7.18. The zero-order chi connectivity index (χ0) is 10.8. The number of pyridine rings is 1.